The second-order valence-corrected chi connectivity index (χ2v) is 13.9. The van der Waals surface area contributed by atoms with Crippen LogP contribution in [0.3, 0.4) is 0 Å². The number of benzene rings is 1. The van der Waals surface area contributed by atoms with Gasteiger partial charge < -0.3 is 9.16 Å². The van der Waals surface area contributed by atoms with Crippen LogP contribution >= 0.6 is 0 Å². The lowest BCUT2D eigenvalue weighted by Gasteiger charge is -2.38. The van der Waals surface area contributed by atoms with Gasteiger partial charge in [0.1, 0.15) is 5.76 Å². The van der Waals surface area contributed by atoms with Crippen molar-refractivity contribution in [1.29, 1.82) is 0 Å². The van der Waals surface area contributed by atoms with Crippen molar-refractivity contribution in [2.75, 3.05) is 6.61 Å². The van der Waals surface area contributed by atoms with Gasteiger partial charge in [-0.15, -0.1) is 0 Å². The van der Waals surface area contributed by atoms with Crippen LogP contribution < -0.4 is 0 Å². The van der Waals surface area contributed by atoms with E-state index in [0.29, 0.717) is 6.61 Å². The molecule has 4 heteroatoms. The molecule has 0 radical (unpaired) electrons. The topological polar surface area (TPSA) is 35.5 Å². The third-order valence-corrected chi connectivity index (χ3v) is 5.83. The Morgan fingerprint density at radius 3 is 2.47 bits per heavy atom. The fourth-order valence-corrected chi connectivity index (χ4v) is 4.50. The summed E-state index contributed by atoms with van der Waals surface area (Å²) in [5.41, 5.74) is 5.90. The summed E-state index contributed by atoms with van der Waals surface area (Å²) < 4.78 is 11.6. The van der Waals surface area contributed by atoms with Gasteiger partial charge in [-0.1, -0.05) is 56.3 Å². The summed E-state index contributed by atoms with van der Waals surface area (Å²) in [5, 5.41) is 0. The highest BCUT2D eigenvalue weighted by Gasteiger charge is 2.35. The van der Waals surface area contributed by atoms with E-state index in [0.717, 1.165) is 17.8 Å². The van der Waals surface area contributed by atoms with Gasteiger partial charge in [-0.3, -0.25) is 0 Å². The molecule has 0 spiro atoms. The Morgan fingerprint density at radius 2 is 1.83 bits per heavy atom. The van der Waals surface area contributed by atoms with Crippen molar-refractivity contribution in [2.24, 2.45) is 0 Å². The molecule has 0 atom stereocenters. The Labute approximate surface area is 183 Å². The third kappa shape index (κ3) is 6.33. The molecule has 0 saturated carbocycles. The maximum atomic E-state index is 11.6. The molecular weight excluding hydrogens is 388 g/mol. The molecular formula is C26H36O3Si. The molecule has 0 aliphatic heterocycles. The molecule has 1 aromatic rings. The standard InChI is InChI=1S/C26H36O3Si/c1-9-28-24(27)17-19(2)13-12-14-20(3)22-18-26(4,5)23-16-11-10-15-21(23)25(22)29-30(6,7)8/h10-17H,9,18H2,1-8H3/b13-12+,19-17+,20-14+. The summed E-state index contributed by atoms with van der Waals surface area (Å²) >= 11 is 0. The minimum absolute atomic E-state index is 0.0385. The summed E-state index contributed by atoms with van der Waals surface area (Å²) in [7, 11) is -1.79. The van der Waals surface area contributed by atoms with Crippen LogP contribution in [-0.4, -0.2) is 20.9 Å². The molecule has 0 unspecified atom stereocenters. The minimum Gasteiger partial charge on any atom is -0.544 e. The molecule has 0 bridgehead atoms. The van der Waals surface area contributed by atoms with Crippen LogP contribution in [0.25, 0.3) is 5.76 Å². The normalized spacial score (nSPS) is 17.2. The van der Waals surface area contributed by atoms with Crippen LogP contribution in [-0.2, 0) is 19.4 Å². The SMILES string of the molecule is CCOC(=O)/C=C(C)/C=C/C=C(\C)C1=C(O[Si](C)(C)C)c2ccccc2C(C)(C)C1. The predicted octanol–water partition coefficient (Wildman–Crippen LogP) is 6.94. The summed E-state index contributed by atoms with van der Waals surface area (Å²) in [5.74, 6) is 0.726. The average molecular weight is 425 g/mol. The van der Waals surface area contributed by atoms with Crippen molar-refractivity contribution < 1.29 is 14.0 Å². The highest BCUT2D eigenvalue weighted by atomic mass is 28.4. The van der Waals surface area contributed by atoms with E-state index in [1.165, 1.54) is 28.3 Å². The average Bonchev–Trinajstić information content (AvgIpc) is 2.63. The van der Waals surface area contributed by atoms with Crippen LogP contribution in [0.2, 0.25) is 19.6 Å². The Morgan fingerprint density at radius 1 is 1.17 bits per heavy atom. The fourth-order valence-electron chi connectivity index (χ4n) is 3.66. The molecule has 0 saturated heterocycles. The highest BCUT2D eigenvalue weighted by molar-refractivity contribution is 6.70. The van der Waals surface area contributed by atoms with Crippen molar-refractivity contribution in [2.45, 2.75) is 66.1 Å². The van der Waals surface area contributed by atoms with Crippen molar-refractivity contribution in [3.8, 4) is 0 Å². The molecule has 1 aliphatic carbocycles. The lowest BCUT2D eigenvalue weighted by Crippen LogP contribution is -2.30. The molecule has 162 valence electrons. The molecule has 3 nitrogen and oxygen atoms in total. The number of allylic oxidation sites excluding steroid dienone is 6. The first-order valence-corrected chi connectivity index (χ1v) is 14.1. The predicted molar refractivity (Wildman–Crippen MR) is 129 cm³/mol. The maximum absolute atomic E-state index is 11.6. The van der Waals surface area contributed by atoms with Crippen molar-refractivity contribution in [1.82, 2.24) is 0 Å². The molecule has 30 heavy (non-hydrogen) atoms. The van der Waals surface area contributed by atoms with Gasteiger partial charge >= 0.3 is 5.97 Å². The fraction of sp³-hybridized carbons (Fsp3) is 0.423. The van der Waals surface area contributed by atoms with Crippen LogP contribution in [0.15, 0.2) is 65.3 Å². The zero-order chi connectivity index (χ0) is 22.5. The molecule has 0 fully saturated rings. The van der Waals surface area contributed by atoms with E-state index < -0.39 is 8.32 Å². The van der Waals surface area contributed by atoms with E-state index in [2.05, 4.69) is 70.8 Å². The highest BCUT2D eigenvalue weighted by Crippen LogP contribution is 2.45. The van der Waals surface area contributed by atoms with E-state index in [-0.39, 0.29) is 11.4 Å². The zero-order valence-corrected chi connectivity index (χ0v) is 20.8. The van der Waals surface area contributed by atoms with Crippen LogP contribution in [0.5, 0.6) is 0 Å². The smallest absolute Gasteiger partial charge is 0.330 e. The minimum atomic E-state index is -1.79. The Bertz CT molecular complexity index is 908. The summed E-state index contributed by atoms with van der Waals surface area (Å²) in [6.07, 6.45) is 8.48. The van der Waals surface area contributed by atoms with Gasteiger partial charge in [0.25, 0.3) is 0 Å². The number of ether oxygens (including phenoxy) is 1. The van der Waals surface area contributed by atoms with Gasteiger partial charge in [-0.2, -0.15) is 0 Å². The number of carbonyl (C=O) groups excluding carboxylic acids is 1. The lowest BCUT2D eigenvalue weighted by molar-refractivity contribution is -0.137. The first-order chi connectivity index (χ1) is 13.9. The van der Waals surface area contributed by atoms with Crippen molar-refractivity contribution >= 4 is 20.0 Å². The Hall–Kier alpha value is -2.33. The van der Waals surface area contributed by atoms with Gasteiger partial charge in [0.05, 0.1) is 6.61 Å². The number of carbonyl (C=O) groups is 1. The Balaban J connectivity index is 2.45. The van der Waals surface area contributed by atoms with Crippen LogP contribution in [0.4, 0.5) is 0 Å². The number of hydrogen-bond donors (Lipinski definition) is 0. The zero-order valence-electron chi connectivity index (χ0n) is 19.8. The summed E-state index contributed by atoms with van der Waals surface area (Å²) in [6.45, 7) is 17.5. The monoisotopic (exact) mass is 424 g/mol. The lowest BCUT2D eigenvalue weighted by atomic mass is 9.71. The first kappa shape index (κ1) is 23.9. The van der Waals surface area contributed by atoms with Gasteiger partial charge in [-0.05, 0) is 74.5 Å². The van der Waals surface area contributed by atoms with E-state index in [1.807, 2.05) is 19.1 Å². The summed E-state index contributed by atoms with van der Waals surface area (Å²) in [6, 6.07) is 8.61. The first-order valence-electron chi connectivity index (χ1n) is 10.7. The molecule has 1 aliphatic rings. The molecule has 0 N–H and O–H groups in total. The largest absolute Gasteiger partial charge is 0.544 e. The molecule has 1 aromatic carbocycles. The maximum Gasteiger partial charge on any atom is 0.330 e. The van der Waals surface area contributed by atoms with Crippen molar-refractivity contribution in [3.05, 3.63) is 76.4 Å². The van der Waals surface area contributed by atoms with Crippen LogP contribution in [0.1, 0.15) is 52.2 Å². The van der Waals surface area contributed by atoms with Gasteiger partial charge in [0, 0.05) is 11.6 Å². The third-order valence-electron chi connectivity index (χ3n) is 5.02. The van der Waals surface area contributed by atoms with Crippen LogP contribution in [0, 0.1) is 0 Å². The molecule has 0 aromatic heterocycles. The van der Waals surface area contributed by atoms with E-state index in [9.17, 15) is 4.79 Å². The van der Waals surface area contributed by atoms with E-state index in [4.69, 9.17) is 9.16 Å². The number of rotatable bonds is 7. The van der Waals surface area contributed by atoms with Gasteiger partial charge in [-0.25, -0.2) is 4.79 Å². The number of hydrogen-bond acceptors (Lipinski definition) is 3. The Kier molecular flexibility index (Phi) is 7.70. The number of fused-ring (bicyclic) bond motifs is 1. The van der Waals surface area contributed by atoms with Gasteiger partial charge in [0.15, 0.2) is 0 Å². The number of esters is 1. The summed E-state index contributed by atoms with van der Waals surface area (Å²) in [4.78, 5) is 11.6. The van der Waals surface area contributed by atoms with Crippen molar-refractivity contribution in [3.63, 3.8) is 0 Å². The molecule has 0 amide bonds. The quantitative estimate of drug-likeness (QED) is 0.206. The second kappa shape index (κ2) is 9.65. The van der Waals surface area contributed by atoms with Gasteiger partial charge in [0.2, 0.25) is 8.32 Å². The van der Waals surface area contributed by atoms with E-state index >= 15 is 0 Å². The van der Waals surface area contributed by atoms with E-state index in [1.54, 1.807) is 6.92 Å². The second-order valence-electron chi connectivity index (χ2n) is 9.48. The molecule has 0 heterocycles. The molecule has 2 rings (SSSR count).